The summed E-state index contributed by atoms with van der Waals surface area (Å²) in [4.78, 5) is 28.3. The summed E-state index contributed by atoms with van der Waals surface area (Å²) in [6.45, 7) is 5.40. The lowest BCUT2D eigenvalue weighted by Gasteiger charge is -2.17. The molecule has 24 heavy (non-hydrogen) atoms. The van der Waals surface area contributed by atoms with Crippen LogP contribution in [-0.4, -0.2) is 40.2 Å². The first-order valence-corrected chi connectivity index (χ1v) is 7.68. The van der Waals surface area contributed by atoms with Gasteiger partial charge < -0.3 is 10.1 Å². The first-order valence-electron chi connectivity index (χ1n) is 7.68. The molecule has 0 aliphatic carbocycles. The third-order valence-corrected chi connectivity index (χ3v) is 3.74. The zero-order valence-corrected chi connectivity index (χ0v) is 14.4. The highest BCUT2D eigenvalue weighted by atomic mass is 16.5. The summed E-state index contributed by atoms with van der Waals surface area (Å²) < 4.78 is 6.71. The van der Waals surface area contributed by atoms with E-state index in [1.807, 2.05) is 18.2 Å². The molecule has 0 bridgehead atoms. The van der Waals surface area contributed by atoms with Crippen LogP contribution in [0.4, 0.5) is 0 Å². The number of methoxy groups -OCH3 is 1. The minimum Gasteiger partial charge on any atom is -0.382 e. The average Bonchev–Trinajstić information content (AvgIpc) is 2.81. The molecule has 0 spiro atoms. The molecule has 0 aliphatic heterocycles. The van der Waals surface area contributed by atoms with Crippen LogP contribution in [0.3, 0.4) is 0 Å². The molecule has 2 rings (SSSR count). The summed E-state index contributed by atoms with van der Waals surface area (Å²) in [6.07, 6.45) is 1.67. The van der Waals surface area contributed by atoms with Gasteiger partial charge in [0.25, 0.3) is 0 Å². The summed E-state index contributed by atoms with van der Waals surface area (Å²) in [7, 11) is 1.57. The molecule has 1 N–H and O–H groups in total. The molecular weight excluding hydrogens is 308 g/mol. The summed E-state index contributed by atoms with van der Waals surface area (Å²) in [6, 6.07) is 5.17. The van der Waals surface area contributed by atoms with Crippen LogP contribution in [0.2, 0.25) is 0 Å². The van der Waals surface area contributed by atoms with Crippen LogP contribution in [0.25, 0.3) is 0 Å². The van der Waals surface area contributed by atoms with E-state index < -0.39 is 0 Å². The number of carbonyl (C=O) groups excluding carboxylic acids is 2. The van der Waals surface area contributed by atoms with Gasteiger partial charge in [-0.05, 0) is 32.9 Å². The number of carbonyl (C=O) groups is 2. The summed E-state index contributed by atoms with van der Waals surface area (Å²) in [5.41, 5.74) is 2.62. The van der Waals surface area contributed by atoms with Gasteiger partial charge in [-0.15, -0.1) is 0 Å². The van der Waals surface area contributed by atoms with E-state index in [1.54, 1.807) is 31.8 Å². The van der Waals surface area contributed by atoms with Gasteiger partial charge in [-0.3, -0.25) is 19.3 Å². The van der Waals surface area contributed by atoms with Gasteiger partial charge in [0.2, 0.25) is 5.91 Å². The zero-order chi connectivity index (χ0) is 17.7. The number of pyridine rings is 1. The number of ketones is 1. The molecule has 0 radical (unpaired) electrons. The third kappa shape index (κ3) is 4.05. The van der Waals surface area contributed by atoms with Crippen LogP contribution in [0.1, 0.15) is 40.4 Å². The third-order valence-electron chi connectivity index (χ3n) is 3.74. The smallest absolute Gasteiger partial charge is 0.242 e. The second-order valence-electron chi connectivity index (χ2n) is 5.59. The second kappa shape index (κ2) is 7.83. The lowest BCUT2D eigenvalue weighted by atomic mass is 10.1. The lowest BCUT2D eigenvalue weighted by Crippen LogP contribution is -2.34. The Morgan fingerprint density at radius 3 is 2.62 bits per heavy atom. The van der Waals surface area contributed by atoms with E-state index >= 15 is 0 Å². The largest absolute Gasteiger partial charge is 0.382 e. The van der Waals surface area contributed by atoms with Crippen LogP contribution >= 0.6 is 0 Å². The van der Waals surface area contributed by atoms with E-state index in [0.717, 1.165) is 5.69 Å². The highest BCUT2D eigenvalue weighted by Gasteiger charge is 2.19. The Bertz CT molecular complexity index is 725. The molecule has 7 nitrogen and oxygen atoms in total. The fourth-order valence-electron chi connectivity index (χ4n) is 2.69. The molecule has 0 fully saturated rings. The Morgan fingerprint density at radius 1 is 1.33 bits per heavy atom. The Hall–Kier alpha value is -2.54. The maximum absolute atomic E-state index is 12.4. The average molecular weight is 330 g/mol. The van der Waals surface area contributed by atoms with Crippen LogP contribution < -0.4 is 5.32 Å². The van der Waals surface area contributed by atoms with Gasteiger partial charge in [0.05, 0.1) is 29.6 Å². The van der Waals surface area contributed by atoms with Gasteiger partial charge in [0, 0.05) is 19.0 Å². The van der Waals surface area contributed by atoms with Gasteiger partial charge in [0.1, 0.15) is 6.54 Å². The number of amides is 1. The van der Waals surface area contributed by atoms with Gasteiger partial charge in [-0.25, -0.2) is 0 Å². The van der Waals surface area contributed by atoms with E-state index in [4.69, 9.17) is 4.74 Å². The first kappa shape index (κ1) is 17.8. The molecule has 2 heterocycles. The molecular formula is C17H22N4O3. The molecule has 0 saturated heterocycles. The van der Waals surface area contributed by atoms with E-state index in [9.17, 15) is 9.59 Å². The van der Waals surface area contributed by atoms with Crippen molar-refractivity contribution in [2.45, 2.75) is 33.4 Å². The van der Waals surface area contributed by atoms with E-state index in [2.05, 4.69) is 15.4 Å². The van der Waals surface area contributed by atoms with Crippen molar-refractivity contribution in [3.8, 4) is 0 Å². The Balaban J connectivity index is 2.12. The van der Waals surface area contributed by atoms with E-state index in [-0.39, 0.29) is 24.3 Å². The topological polar surface area (TPSA) is 86.1 Å². The van der Waals surface area contributed by atoms with Gasteiger partial charge in [-0.1, -0.05) is 6.07 Å². The Kier molecular flexibility index (Phi) is 5.81. The van der Waals surface area contributed by atoms with Gasteiger partial charge in [-0.2, -0.15) is 5.10 Å². The van der Waals surface area contributed by atoms with E-state index in [1.165, 1.54) is 6.92 Å². The van der Waals surface area contributed by atoms with Gasteiger partial charge in [0.15, 0.2) is 5.78 Å². The Morgan fingerprint density at radius 2 is 2.08 bits per heavy atom. The standard InChI is InChI=1S/C17H22N4O3/c1-11-17(13(3)22)12(2)21(20-11)9-16(23)19-15(10-24-4)14-7-5-6-8-18-14/h5-8,15H,9-10H2,1-4H3,(H,19,23)/t15-/m1/s1. The number of nitrogens with zero attached hydrogens (tertiary/aromatic N) is 3. The van der Waals surface area contributed by atoms with Crippen molar-refractivity contribution in [2.75, 3.05) is 13.7 Å². The van der Waals surface area contributed by atoms with Crippen LogP contribution in [0.15, 0.2) is 24.4 Å². The zero-order valence-electron chi connectivity index (χ0n) is 14.4. The number of rotatable bonds is 7. The molecule has 2 aromatic rings. The number of aryl methyl sites for hydroxylation is 1. The molecule has 0 aromatic carbocycles. The number of ether oxygens (including phenoxy) is 1. The highest BCUT2D eigenvalue weighted by Crippen LogP contribution is 2.14. The van der Waals surface area contributed by atoms with Crippen LogP contribution in [0.5, 0.6) is 0 Å². The minimum absolute atomic E-state index is 0.0347. The van der Waals surface area contributed by atoms with Crippen molar-refractivity contribution in [3.63, 3.8) is 0 Å². The fourth-order valence-corrected chi connectivity index (χ4v) is 2.69. The number of aromatic nitrogens is 3. The van der Waals surface area contributed by atoms with Crippen molar-refractivity contribution in [3.05, 3.63) is 47.0 Å². The molecule has 2 aromatic heterocycles. The maximum Gasteiger partial charge on any atom is 0.242 e. The molecule has 128 valence electrons. The summed E-state index contributed by atoms with van der Waals surface area (Å²) >= 11 is 0. The number of nitrogens with one attached hydrogen (secondary N) is 1. The minimum atomic E-state index is -0.340. The molecule has 7 heteroatoms. The number of Topliss-reactive ketones (excluding diaryl/α,β-unsaturated/α-hetero) is 1. The van der Waals surface area contributed by atoms with Gasteiger partial charge >= 0.3 is 0 Å². The Labute approximate surface area is 141 Å². The molecule has 0 aliphatic rings. The van der Waals surface area contributed by atoms with Crippen molar-refractivity contribution < 1.29 is 14.3 Å². The molecule has 0 saturated carbocycles. The fraction of sp³-hybridized carbons (Fsp3) is 0.412. The quantitative estimate of drug-likeness (QED) is 0.779. The SMILES string of the molecule is COC[C@@H](NC(=O)Cn1nc(C)c(C(C)=O)c1C)c1ccccn1. The van der Waals surface area contributed by atoms with E-state index in [0.29, 0.717) is 23.6 Å². The van der Waals surface area contributed by atoms with Crippen molar-refractivity contribution >= 4 is 11.7 Å². The molecule has 0 unspecified atom stereocenters. The molecule has 1 amide bonds. The monoisotopic (exact) mass is 330 g/mol. The van der Waals surface area contributed by atoms with Crippen molar-refractivity contribution in [1.29, 1.82) is 0 Å². The number of hydrogen-bond acceptors (Lipinski definition) is 5. The second-order valence-corrected chi connectivity index (χ2v) is 5.59. The normalized spacial score (nSPS) is 12.0. The predicted molar refractivity (Wildman–Crippen MR) is 88.7 cm³/mol. The van der Waals surface area contributed by atoms with Crippen LogP contribution in [-0.2, 0) is 16.1 Å². The lowest BCUT2D eigenvalue weighted by molar-refractivity contribution is -0.123. The van der Waals surface area contributed by atoms with Crippen LogP contribution in [0, 0.1) is 13.8 Å². The summed E-state index contributed by atoms with van der Waals surface area (Å²) in [5, 5.41) is 7.18. The van der Waals surface area contributed by atoms with Crippen molar-refractivity contribution in [2.24, 2.45) is 0 Å². The molecule has 1 atom stereocenters. The first-order chi connectivity index (χ1) is 11.4. The highest BCUT2D eigenvalue weighted by molar-refractivity contribution is 5.96. The summed E-state index contributed by atoms with van der Waals surface area (Å²) in [5.74, 6) is -0.272. The maximum atomic E-state index is 12.4. The predicted octanol–water partition coefficient (Wildman–Crippen LogP) is 1.60. The number of hydrogen-bond donors (Lipinski definition) is 1. The van der Waals surface area contributed by atoms with Crippen molar-refractivity contribution in [1.82, 2.24) is 20.1 Å².